The Hall–Kier alpha value is -7.78. The fraction of sp³-hybridized carbons (Fsp3) is 0.0204. The second kappa shape index (κ2) is 13.5. The largest absolute Gasteiger partial charge is 0.344 e. The van der Waals surface area contributed by atoms with Crippen LogP contribution in [0.2, 0.25) is 0 Å². The van der Waals surface area contributed by atoms with Gasteiger partial charge in [-0.05, 0) is 70.4 Å². The lowest BCUT2D eigenvalue weighted by atomic mass is 10.00. The Balaban J connectivity index is 0.959. The Bertz CT molecular complexity index is 3380. The predicted octanol–water partition coefficient (Wildman–Crippen LogP) is 11.1. The number of nitrogens with zero attached hydrogens (tertiary/aromatic N) is 6. The van der Waals surface area contributed by atoms with E-state index in [-0.39, 0.29) is 11.4 Å². The molecule has 6 aromatic carbocycles. The summed E-state index contributed by atoms with van der Waals surface area (Å²) >= 11 is 0. The van der Waals surface area contributed by atoms with E-state index >= 15 is 8.78 Å². The molecule has 1 unspecified atom stereocenters. The van der Waals surface area contributed by atoms with Crippen molar-refractivity contribution in [3.8, 4) is 22.3 Å². The molecule has 0 radical (unpaired) electrons. The summed E-state index contributed by atoms with van der Waals surface area (Å²) in [5.41, 5.74) is 7.29. The molecular formula is C49H29F2N7. The normalized spacial score (nSPS) is 14.2. The lowest BCUT2D eigenvalue weighted by molar-refractivity contribution is 0.567. The van der Waals surface area contributed by atoms with E-state index in [1.54, 1.807) is 36.9 Å². The summed E-state index contributed by atoms with van der Waals surface area (Å²) in [6.45, 7) is 0. The number of halogens is 2. The molecule has 0 bridgehead atoms. The maximum Gasteiger partial charge on any atom is 0.159 e. The van der Waals surface area contributed by atoms with Gasteiger partial charge in [0.25, 0.3) is 0 Å². The third-order valence-corrected chi connectivity index (χ3v) is 10.8. The molecule has 1 N–H and O–H groups in total. The van der Waals surface area contributed by atoms with Crippen LogP contribution in [-0.2, 0) is 0 Å². The number of benzene rings is 6. The van der Waals surface area contributed by atoms with Crippen molar-refractivity contribution >= 4 is 66.1 Å². The van der Waals surface area contributed by atoms with E-state index in [9.17, 15) is 0 Å². The second-order valence-electron chi connectivity index (χ2n) is 14.3. The first-order valence-electron chi connectivity index (χ1n) is 18.8. The smallest absolute Gasteiger partial charge is 0.159 e. The van der Waals surface area contributed by atoms with Gasteiger partial charge in [-0.15, -0.1) is 0 Å². The van der Waals surface area contributed by atoms with Crippen molar-refractivity contribution < 1.29 is 8.78 Å². The van der Waals surface area contributed by atoms with Crippen molar-refractivity contribution in [3.05, 3.63) is 193 Å². The number of hydrogen-bond acceptors (Lipinski definition) is 7. The summed E-state index contributed by atoms with van der Waals surface area (Å²) in [6, 6.07) is 43.8. The van der Waals surface area contributed by atoms with Crippen molar-refractivity contribution in [2.45, 2.75) is 6.17 Å². The Morgan fingerprint density at radius 2 is 0.966 bits per heavy atom. The van der Waals surface area contributed by atoms with E-state index in [0.717, 1.165) is 71.1 Å². The molecule has 274 valence electrons. The number of rotatable bonds is 5. The molecule has 0 saturated heterocycles. The molecule has 0 saturated carbocycles. The first-order valence-corrected chi connectivity index (χ1v) is 18.8. The van der Waals surface area contributed by atoms with Gasteiger partial charge < -0.3 is 5.32 Å². The minimum Gasteiger partial charge on any atom is -0.344 e. The van der Waals surface area contributed by atoms with Crippen molar-refractivity contribution in [2.24, 2.45) is 9.98 Å². The van der Waals surface area contributed by atoms with Crippen LogP contribution in [0, 0.1) is 11.6 Å². The number of hydrogen-bond donors (Lipinski definition) is 1. The van der Waals surface area contributed by atoms with Gasteiger partial charge in [-0.25, -0.2) is 18.8 Å². The highest BCUT2D eigenvalue weighted by Gasteiger charge is 2.26. The first kappa shape index (κ1) is 33.5. The molecule has 4 aromatic heterocycles. The zero-order valence-electron chi connectivity index (χ0n) is 30.6. The number of aromatic nitrogens is 4. The summed E-state index contributed by atoms with van der Waals surface area (Å²) < 4.78 is 32.7. The van der Waals surface area contributed by atoms with Crippen molar-refractivity contribution in [2.75, 3.05) is 0 Å². The summed E-state index contributed by atoms with van der Waals surface area (Å²) in [7, 11) is 0. The van der Waals surface area contributed by atoms with E-state index in [0.29, 0.717) is 22.5 Å². The average Bonchev–Trinajstić information content (AvgIpc) is 3.28. The number of nitrogens with one attached hydrogen (secondary N) is 1. The lowest BCUT2D eigenvalue weighted by Crippen LogP contribution is -2.34. The number of fused-ring (bicyclic) bond motifs is 7. The molecule has 1 aliphatic rings. The van der Waals surface area contributed by atoms with Gasteiger partial charge in [0.2, 0.25) is 0 Å². The molecule has 10 aromatic rings. The SMILES string of the molecule is Fc1cc(-c2cnc3c(ccc4cccnc43)c2)ccc1C1=NC(c2ccc3ccccc3c2)=NC(c2ccc(-c3cnc4c(ccc5cccnc54)c3)cc2F)N1. The first-order chi connectivity index (χ1) is 28.5. The van der Waals surface area contributed by atoms with E-state index in [1.165, 1.54) is 12.1 Å². The summed E-state index contributed by atoms with van der Waals surface area (Å²) in [5, 5.41) is 9.12. The second-order valence-corrected chi connectivity index (χ2v) is 14.3. The van der Waals surface area contributed by atoms with Crippen LogP contribution < -0.4 is 5.32 Å². The fourth-order valence-corrected chi connectivity index (χ4v) is 7.81. The van der Waals surface area contributed by atoms with Crippen molar-refractivity contribution in [3.63, 3.8) is 0 Å². The van der Waals surface area contributed by atoms with Crippen molar-refractivity contribution in [1.29, 1.82) is 0 Å². The van der Waals surface area contributed by atoms with Gasteiger partial charge in [-0.1, -0.05) is 91.0 Å². The summed E-state index contributed by atoms with van der Waals surface area (Å²) in [5.74, 6) is -0.370. The molecule has 1 atom stereocenters. The molecular weight excluding hydrogens is 725 g/mol. The van der Waals surface area contributed by atoms with Gasteiger partial charge in [-0.2, -0.15) is 0 Å². The zero-order valence-corrected chi connectivity index (χ0v) is 30.6. The zero-order chi connectivity index (χ0) is 38.7. The minimum absolute atomic E-state index is 0.229. The quantitative estimate of drug-likeness (QED) is 0.177. The number of pyridine rings is 4. The molecule has 0 amide bonds. The highest BCUT2D eigenvalue weighted by molar-refractivity contribution is 6.14. The van der Waals surface area contributed by atoms with Crippen molar-refractivity contribution in [1.82, 2.24) is 25.3 Å². The Morgan fingerprint density at radius 3 is 1.62 bits per heavy atom. The molecule has 1 aliphatic heterocycles. The van der Waals surface area contributed by atoms with Crippen LogP contribution in [0.25, 0.3) is 76.6 Å². The maximum absolute atomic E-state index is 16.4. The minimum atomic E-state index is -0.901. The monoisotopic (exact) mass is 753 g/mol. The summed E-state index contributed by atoms with van der Waals surface area (Å²) in [6.07, 6.45) is 6.08. The molecule has 0 spiro atoms. The van der Waals surface area contributed by atoms with E-state index < -0.39 is 17.8 Å². The highest BCUT2D eigenvalue weighted by Crippen LogP contribution is 2.33. The standard InChI is InChI=1S/C49H29F2N7/c50-41-24-32(37-22-34-12-10-29-7-3-19-52-43(29)45(34)54-26-37)15-17-39(41)48-56-47(36-14-9-28-5-1-2-6-31(28)21-36)57-49(58-48)40-18-16-33(25-42(40)51)38-23-35-13-11-30-8-4-20-53-44(30)46(35)55-27-38/h1-27,48H,(H,56,57,58). The highest BCUT2D eigenvalue weighted by atomic mass is 19.1. The fourth-order valence-electron chi connectivity index (χ4n) is 7.81. The van der Waals surface area contributed by atoms with Crippen LogP contribution in [0.5, 0.6) is 0 Å². The van der Waals surface area contributed by atoms with Gasteiger partial charge >= 0.3 is 0 Å². The van der Waals surface area contributed by atoms with Gasteiger partial charge in [0, 0.05) is 68.6 Å². The Kier molecular flexibility index (Phi) is 7.78. The van der Waals surface area contributed by atoms with Gasteiger partial charge in [0.1, 0.15) is 17.5 Å². The van der Waals surface area contributed by atoms with Crippen LogP contribution in [0.15, 0.2) is 174 Å². The number of amidine groups is 2. The molecule has 11 rings (SSSR count). The van der Waals surface area contributed by atoms with Crippen LogP contribution in [0.4, 0.5) is 8.78 Å². The third kappa shape index (κ3) is 5.79. The molecule has 5 heterocycles. The van der Waals surface area contributed by atoms with Gasteiger partial charge in [0.15, 0.2) is 12.0 Å². The van der Waals surface area contributed by atoms with E-state index in [4.69, 9.17) is 20.0 Å². The van der Waals surface area contributed by atoms with Crippen LogP contribution in [0.1, 0.15) is 22.9 Å². The Morgan fingerprint density at radius 1 is 0.431 bits per heavy atom. The van der Waals surface area contributed by atoms with Gasteiger partial charge in [-0.3, -0.25) is 19.9 Å². The maximum atomic E-state index is 16.4. The predicted molar refractivity (Wildman–Crippen MR) is 228 cm³/mol. The summed E-state index contributed by atoms with van der Waals surface area (Å²) in [4.78, 5) is 28.2. The molecule has 9 heteroatoms. The lowest BCUT2D eigenvalue weighted by Gasteiger charge is -2.24. The van der Waals surface area contributed by atoms with Crippen LogP contribution in [-0.4, -0.2) is 31.6 Å². The van der Waals surface area contributed by atoms with Crippen LogP contribution in [0.3, 0.4) is 0 Å². The van der Waals surface area contributed by atoms with E-state index in [2.05, 4.69) is 15.3 Å². The number of aliphatic imine (C=N–C) groups is 2. The van der Waals surface area contributed by atoms with E-state index in [1.807, 2.05) is 115 Å². The molecule has 0 aliphatic carbocycles. The molecule has 0 fully saturated rings. The topological polar surface area (TPSA) is 88.3 Å². The van der Waals surface area contributed by atoms with Gasteiger partial charge in [0.05, 0.1) is 27.6 Å². The Labute approximate surface area is 330 Å². The third-order valence-electron chi connectivity index (χ3n) is 10.8. The van der Waals surface area contributed by atoms with Crippen LogP contribution >= 0.6 is 0 Å². The molecule has 58 heavy (non-hydrogen) atoms. The molecule has 7 nitrogen and oxygen atoms in total. The average molecular weight is 754 g/mol.